The minimum Gasteiger partial charge on any atom is -0.311 e. The van der Waals surface area contributed by atoms with Crippen molar-refractivity contribution in [1.82, 2.24) is 5.32 Å². The average Bonchev–Trinajstić information content (AvgIpc) is 2.88. The maximum Gasteiger partial charge on any atom is 0.0279 e. The van der Waals surface area contributed by atoms with Crippen LogP contribution in [0.1, 0.15) is 71.1 Å². The van der Waals surface area contributed by atoms with Gasteiger partial charge < -0.3 is 5.32 Å². The molecule has 1 saturated carbocycles. The van der Waals surface area contributed by atoms with Crippen LogP contribution in [0.4, 0.5) is 0 Å². The average molecular weight is 235 g/mol. The maximum absolute atomic E-state index is 3.71. The van der Waals surface area contributed by atoms with Crippen LogP contribution in [0.5, 0.6) is 0 Å². The molecule has 2 aliphatic rings. The van der Waals surface area contributed by atoms with Crippen molar-refractivity contribution in [2.45, 2.75) is 77.2 Å². The Labute approximate surface area is 107 Å². The Hall–Kier alpha value is -0.300. The van der Waals surface area contributed by atoms with Crippen molar-refractivity contribution in [3.63, 3.8) is 0 Å². The van der Waals surface area contributed by atoms with E-state index in [4.69, 9.17) is 0 Å². The van der Waals surface area contributed by atoms with Crippen molar-refractivity contribution in [3.8, 4) is 0 Å². The van der Waals surface area contributed by atoms with Gasteiger partial charge in [-0.25, -0.2) is 0 Å². The number of likely N-dealkylation sites (N-methyl/N-ethyl adjacent to an activating group) is 1. The van der Waals surface area contributed by atoms with Gasteiger partial charge in [-0.15, -0.1) is 0 Å². The summed E-state index contributed by atoms with van der Waals surface area (Å²) >= 11 is 0. The van der Waals surface area contributed by atoms with Crippen molar-refractivity contribution in [2.75, 3.05) is 6.54 Å². The fourth-order valence-electron chi connectivity index (χ4n) is 3.55. The molecule has 1 heteroatoms. The van der Waals surface area contributed by atoms with Crippen LogP contribution in [0.25, 0.3) is 0 Å². The Morgan fingerprint density at radius 1 is 1.24 bits per heavy atom. The summed E-state index contributed by atoms with van der Waals surface area (Å²) in [5, 5.41) is 3.71. The van der Waals surface area contributed by atoms with E-state index in [1.807, 2.05) is 0 Å². The molecule has 0 aromatic rings. The lowest BCUT2D eigenvalue weighted by atomic mass is 9.89. The van der Waals surface area contributed by atoms with E-state index in [1.54, 1.807) is 5.57 Å². The van der Waals surface area contributed by atoms with Crippen LogP contribution in [0.15, 0.2) is 11.6 Å². The minimum absolute atomic E-state index is 0.695. The van der Waals surface area contributed by atoms with E-state index in [9.17, 15) is 0 Å². The van der Waals surface area contributed by atoms with Crippen molar-refractivity contribution in [2.24, 2.45) is 5.92 Å². The highest BCUT2D eigenvalue weighted by Crippen LogP contribution is 2.31. The second-order valence-electron chi connectivity index (χ2n) is 5.86. The van der Waals surface area contributed by atoms with Crippen molar-refractivity contribution < 1.29 is 0 Å². The molecule has 17 heavy (non-hydrogen) atoms. The van der Waals surface area contributed by atoms with Crippen LogP contribution in [-0.4, -0.2) is 12.6 Å². The molecular weight excluding hydrogens is 206 g/mol. The van der Waals surface area contributed by atoms with Gasteiger partial charge in [0, 0.05) is 6.04 Å². The van der Waals surface area contributed by atoms with Crippen LogP contribution < -0.4 is 5.32 Å². The van der Waals surface area contributed by atoms with Gasteiger partial charge in [-0.2, -0.15) is 0 Å². The normalized spacial score (nSPS) is 23.7. The molecular formula is C16H29N. The van der Waals surface area contributed by atoms with Gasteiger partial charge in [0.2, 0.25) is 0 Å². The van der Waals surface area contributed by atoms with Gasteiger partial charge in [0.25, 0.3) is 0 Å². The van der Waals surface area contributed by atoms with Crippen LogP contribution >= 0.6 is 0 Å². The van der Waals surface area contributed by atoms with Crippen molar-refractivity contribution >= 4 is 0 Å². The third-order valence-electron chi connectivity index (χ3n) is 4.56. The Morgan fingerprint density at radius 3 is 2.71 bits per heavy atom. The van der Waals surface area contributed by atoms with E-state index < -0.39 is 0 Å². The smallest absolute Gasteiger partial charge is 0.0279 e. The summed E-state index contributed by atoms with van der Waals surface area (Å²) in [5.41, 5.74) is 1.72. The molecule has 2 aliphatic carbocycles. The Balaban J connectivity index is 1.80. The molecule has 1 fully saturated rings. The third-order valence-corrected chi connectivity index (χ3v) is 4.56. The molecule has 1 N–H and O–H groups in total. The highest BCUT2D eigenvalue weighted by Gasteiger charge is 2.19. The molecule has 98 valence electrons. The second kappa shape index (κ2) is 7.20. The van der Waals surface area contributed by atoms with E-state index >= 15 is 0 Å². The zero-order chi connectivity index (χ0) is 11.9. The third kappa shape index (κ3) is 4.13. The first-order valence-electron chi connectivity index (χ1n) is 7.82. The number of allylic oxidation sites excluding steroid dienone is 1. The van der Waals surface area contributed by atoms with Crippen LogP contribution in [0.2, 0.25) is 0 Å². The van der Waals surface area contributed by atoms with Gasteiger partial charge in [-0.05, 0) is 51.0 Å². The number of hydrogen-bond acceptors (Lipinski definition) is 1. The molecule has 0 aromatic carbocycles. The summed E-state index contributed by atoms with van der Waals surface area (Å²) in [7, 11) is 0. The summed E-state index contributed by atoms with van der Waals surface area (Å²) in [6.07, 6.45) is 16.8. The van der Waals surface area contributed by atoms with Gasteiger partial charge in [0.05, 0.1) is 0 Å². The second-order valence-corrected chi connectivity index (χ2v) is 5.86. The van der Waals surface area contributed by atoms with Crippen LogP contribution in [-0.2, 0) is 0 Å². The molecule has 2 rings (SSSR count). The monoisotopic (exact) mass is 235 g/mol. The lowest BCUT2D eigenvalue weighted by molar-refractivity contribution is 0.424. The summed E-state index contributed by atoms with van der Waals surface area (Å²) in [5.74, 6) is 1.04. The SMILES string of the molecule is CCNC(CCC1CCCC1)C1=CCCCC1. The largest absolute Gasteiger partial charge is 0.311 e. The maximum atomic E-state index is 3.71. The molecule has 1 nitrogen and oxygen atoms in total. The van der Waals surface area contributed by atoms with E-state index in [0.717, 1.165) is 12.5 Å². The minimum atomic E-state index is 0.695. The first-order chi connectivity index (χ1) is 8.40. The topological polar surface area (TPSA) is 12.0 Å². The Kier molecular flexibility index (Phi) is 5.57. The summed E-state index contributed by atoms with van der Waals surface area (Å²) in [6, 6.07) is 0.695. The fraction of sp³-hybridized carbons (Fsp3) is 0.875. The van der Waals surface area contributed by atoms with E-state index in [-0.39, 0.29) is 0 Å². The molecule has 0 bridgehead atoms. The highest BCUT2D eigenvalue weighted by molar-refractivity contribution is 5.13. The molecule has 0 saturated heterocycles. The standard InChI is InChI=1S/C16H29N/c1-2-17-16(15-10-4-3-5-11-15)13-12-14-8-6-7-9-14/h10,14,16-17H,2-9,11-13H2,1H3. The van der Waals surface area contributed by atoms with Gasteiger partial charge in [0.1, 0.15) is 0 Å². The lowest BCUT2D eigenvalue weighted by Crippen LogP contribution is -2.31. The zero-order valence-electron chi connectivity index (χ0n) is 11.5. The summed E-state index contributed by atoms with van der Waals surface area (Å²) in [4.78, 5) is 0. The molecule has 1 unspecified atom stereocenters. The number of nitrogens with one attached hydrogen (secondary N) is 1. The molecule has 0 radical (unpaired) electrons. The van der Waals surface area contributed by atoms with E-state index in [0.29, 0.717) is 6.04 Å². The Morgan fingerprint density at radius 2 is 2.06 bits per heavy atom. The van der Waals surface area contributed by atoms with Gasteiger partial charge >= 0.3 is 0 Å². The molecule has 0 amide bonds. The first kappa shape index (κ1) is 13.1. The van der Waals surface area contributed by atoms with E-state index in [2.05, 4.69) is 18.3 Å². The molecule has 0 spiro atoms. The summed E-state index contributed by atoms with van der Waals surface area (Å²) in [6.45, 7) is 3.36. The number of rotatable bonds is 6. The van der Waals surface area contributed by atoms with E-state index in [1.165, 1.54) is 64.2 Å². The molecule has 0 heterocycles. The Bertz CT molecular complexity index is 238. The van der Waals surface area contributed by atoms with Crippen LogP contribution in [0, 0.1) is 5.92 Å². The quantitative estimate of drug-likeness (QED) is 0.671. The number of hydrogen-bond donors (Lipinski definition) is 1. The van der Waals surface area contributed by atoms with Gasteiger partial charge in [-0.3, -0.25) is 0 Å². The summed E-state index contributed by atoms with van der Waals surface area (Å²) < 4.78 is 0. The molecule has 1 atom stereocenters. The predicted octanol–water partition coefficient (Wildman–Crippen LogP) is 4.44. The predicted molar refractivity (Wildman–Crippen MR) is 75.2 cm³/mol. The first-order valence-corrected chi connectivity index (χ1v) is 7.82. The van der Waals surface area contributed by atoms with Crippen molar-refractivity contribution in [3.05, 3.63) is 11.6 Å². The molecule has 0 aromatic heterocycles. The zero-order valence-corrected chi connectivity index (χ0v) is 11.5. The highest BCUT2D eigenvalue weighted by atomic mass is 14.9. The van der Waals surface area contributed by atoms with Gasteiger partial charge in [0.15, 0.2) is 0 Å². The fourth-order valence-corrected chi connectivity index (χ4v) is 3.55. The lowest BCUT2D eigenvalue weighted by Gasteiger charge is -2.25. The van der Waals surface area contributed by atoms with Gasteiger partial charge in [-0.1, -0.05) is 44.3 Å². The molecule has 0 aliphatic heterocycles. The van der Waals surface area contributed by atoms with Crippen LogP contribution in [0.3, 0.4) is 0 Å². The van der Waals surface area contributed by atoms with Crippen molar-refractivity contribution in [1.29, 1.82) is 0 Å².